The summed E-state index contributed by atoms with van der Waals surface area (Å²) in [7, 11) is 0. The summed E-state index contributed by atoms with van der Waals surface area (Å²) in [4.78, 5) is 13.2. The van der Waals surface area contributed by atoms with Crippen molar-refractivity contribution in [1.82, 2.24) is 29.8 Å². The third kappa shape index (κ3) is 4.97. The Balaban J connectivity index is 1.61. The maximum absolute atomic E-state index is 13.2. The van der Waals surface area contributed by atoms with Crippen molar-refractivity contribution < 1.29 is 0 Å². The van der Waals surface area contributed by atoms with Crippen molar-refractivity contribution in [3.63, 3.8) is 0 Å². The molecule has 2 heterocycles. The third-order valence-corrected chi connectivity index (χ3v) is 6.32. The fourth-order valence-electron chi connectivity index (χ4n) is 4.18. The van der Waals surface area contributed by atoms with E-state index in [1.165, 1.54) is 0 Å². The Morgan fingerprint density at radius 1 is 1.00 bits per heavy atom. The number of aryl methyl sites for hydroxylation is 1. The molecule has 0 fully saturated rings. The van der Waals surface area contributed by atoms with Gasteiger partial charge in [-0.05, 0) is 40.7 Å². The lowest BCUT2D eigenvalue weighted by Crippen LogP contribution is -2.26. The Hall–Kier alpha value is -3.48. The fraction of sp³-hybridized carbons (Fsp3) is 0.385. The van der Waals surface area contributed by atoms with Gasteiger partial charge in [-0.1, -0.05) is 82.1 Å². The number of tetrazole rings is 1. The van der Waals surface area contributed by atoms with Crippen LogP contribution in [0.1, 0.15) is 63.6 Å². The predicted octanol–water partition coefficient (Wildman–Crippen LogP) is 5.25. The molecule has 4 rings (SSSR count). The van der Waals surface area contributed by atoms with Crippen molar-refractivity contribution in [1.29, 1.82) is 0 Å². The molecule has 0 spiro atoms. The minimum absolute atomic E-state index is 0.0907. The SMILES string of the molecule is CCCCCn1cc(C(C)CC)n(Cc2ccc(-c3ccccc3-c3nn[nH]n3)cc2)c1=O. The third-order valence-electron chi connectivity index (χ3n) is 6.32. The number of unbranched alkanes of at least 4 members (excludes halogenated alkanes) is 2. The summed E-state index contributed by atoms with van der Waals surface area (Å²) < 4.78 is 3.84. The molecule has 1 N–H and O–H groups in total. The van der Waals surface area contributed by atoms with Gasteiger partial charge in [-0.2, -0.15) is 5.21 Å². The van der Waals surface area contributed by atoms with Gasteiger partial charge in [-0.3, -0.25) is 9.13 Å². The van der Waals surface area contributed by atoms with Gasteiger partial charge in [0.2, 0.25) is 5.82 Å². The average molecular weight is 445 g/mol. The molecule has 0 amide bonds. The van der Waals surface area contributed by atoms with Gasteiger partial charge in [-0.25, -0.2) is 4.79 Å². The molecule has 0 saturated carbocycles. The lowest BCUT2D eigenvalue weighted by Gasteiger charge is -2.13. The smallest absolute Gasteiger partial charge is 0.299 e. The van der Waals surface area contributed by atoms with Gasteiger partial charge in [0.05, 0.1) is 6.54 Å². The predicted molar refractivity (Wildman–Crippen MR) is 131 cm³/mol. The van der Waals surface area contributed by atoms with E-state index in [1.807, 2.05) is 27.3 Å². The second kappa shape index (κ2) is 10.4. The van der Waals surface area contributed by atoms with Crippen LogP contribution in [0.4, 0.5) is 0 Å². The first-order valence-corrected chi connectivity index (χ1v) is 11.8. The first-order valence-electron chi connectivity index (χ1n) is 11.8. The maximum Gasteiger partial charge on any atom is 0.328 e. The Kier molecular flexibility index (Phi) is 7.17. The number of aromatic amines is 1. The van der Waals surface area contributed by atoms with E-state index in [0.29, 0.717) is 18.3 Å². The number of rotatable bonds is 10. The highest BCUT2D eigenvalue weighted by Crippen LogP contribution is 2.30. The molecule has 1 atom stereocenters. The molecule has 0 aliphatic carbocycles. The van der Waals surface area contributed by atoms with Gasteiger partial charge in [-0.15, -0.1) is 10.2 Å². The van der Waals surface area contributed by atoms with Crippen LogP contribution < -0.4 is 5.69 Å². The number of nitrogens with one attached hydrogen (secondary N) is 1. The van der Waals surface area contributed by atoms with Crippen LogP contribution in [0.15, 0.2) is 59.5 Å². The summed E-state index contributed by atoms with van der Waals surface area (Å²) >= 11 is 0. The van der Waals surface area contributed by atoms with Crippen molar-refractivity contribution in [2.45, 2.75) is 65.5 Å². The zero-order valence-corrected chi connectivity index (χ0v) is 19.7. The van der Waals surface area contributed by atoms with Crippen LogP contribution in [0.5, 0.6) is 0 Å². The fourth-order valence-corrected chi connectivity index (χ4v) is 4.18. The molecule has 2 aromatic carbocycles. The van der Waals surface area contributed by atoms with Gasteiger partial charge in [0.25, 0.3) is 0 Å². The van der Waals surface area contributed by atoms with Gasteiger partial charge in [0, 0.05) is 24.0 Å². The van der Waals surface area contributed by atoms with Crippen LogP contribution in [0.25, 0.3) is 22.5 Å². The molecule has 7 heteroatoms. The number of imidazole rings is 1. The minimum Gasteiger partial charge on any atom is -0.299 e. The molecule has 172 valence electrons. The molecule has 0 radical (unpaired) electrons. The summed E-state index contributed by atoms with van der Waals surface area (Å²) in [5.41, 5.74) is 5.36. The minimum atomic E-state index is 0.0907. The van der Waals surface area contributed by atoms with Gasteiger partial charge < -0.3 is 0 Å². The van der Waals surface area contributed by atoms with Crippen LogP contribution >= 0.6 is 0 Å². The number of hydrogen-bond donors (Lipinski definition) is 1. The molecular weight excluding hydrogens is 412 g/mol. The van der Waals surface area contributed by atoms with Gasteiger partial charge >= 0.3 is 5.69 Å². The summed E-state index contributed by atoms with van der Waals surface area (Å²) in [5.74, 6) is 0.912. The molecule has 0 bridgehead atoms. The first kappa shape index (κ1) is 22.7. The first-order chi connectivity index (χ1) is 16.1. The Labute approximate surface area is 194 Å². The molecule has 33 heavy (non-hydrogen) atoms. The molecular formula is C26H32N6O. The molecule has 4 aromatic rings. The summed E-state index contributed by atoms with van der Waals surface area (Å²) in [6.45, 7) is 7.91. The quantitative estimate of drug-likeness (QED) is 0.339. The Morgan fingerprint density at radius 2 is 1.76 bits per heavy atom. The van der Waals surface area contributed by atoms with E-state index in [-0.39, 0.29) is 5.69 Å². The zero-order chi connectivity index (χ0) is 23.2. The van der Waals surface area contributed by atoms with Crippen molar-refractivity contribution in [2.75, 3.05) is 0 Å². The van der Waals surface area contributed by atoms with Crippen LogP contribution in [0.2, 0.25) is 0 Å². The number of nitrogens with zero attached hydrogens (tertiary/aromatic N) is 5. The molecule has 1 unspecified atom stereocenters. The highest BCUT2D eigenvalue weighted by atomic mass is 16.1. The molecule has 0 saturated heterocycles. The van der Waals surface area contributed by atoms with E-state index in [4.69, 9.17) is 0 Å². The van der Waals surface area contributed by atoms with E-state index < -0.39 is 0 Å². The van der Waals surface area contributed by atoms with Gasteiger partial charge in [0.1, 0.15) is 0 Å². The van der Waals surface area contributed by atoms with E-state index >= 15 is 0 Å². The number of hydrogen-bond acceptors (Lipinski definition) is 4. The highest BCUT2D eigenvalue weighted by molar-refractivity contribution is 5.80. The normalized spacial score (nSPS) is 12.2. The van der Waals surface area contributed by atoms with Crippen LogP contribution in [0.3, 0.4) is 0 Å². The van der Waals surface area contributed by atoms with Crippen molar-refractivity contribution in [3.8, 4) is 22.5 Å². The van der Waals surface area contributed by atoms with Crippen molar-refractivity contribution in [2.24, 2.45) is 0 Å². The lowest BCUT2D eigenvalue weighted by molar-refractivity contribution is 0.571. The zero-order valence-electron chi connectivity index (χ0n) is 19.7. The summed E-state index contributed by atoms with van der Waals surface area (Å²) in [5, 5.41) is 14.5. The van der Waals surface area contributed by atoms with E-state index in [2.05, 4.69) is 77.9 Å². The maximum atomic E-state index is 13.2. The van der Waals surface area contributed by atoms with Crippen molar-refractivity contribution >= 4 is 0 Å². The van der Waals surface area contributed by atoms with Crippen LogP contribution in [0, 0.1) is 0 Å². The standard InChI is InChI=1S/C26H32N6O/c1-4-6-9-16-31-18-24(19(3)5-2)32(26(31)33)17-20-12-14-21(15-13-20)22-10-7-8-11-23(22)25-27-29-30-28-25/h7-8,10-15,18-19H,4-6,9,16-17H2,1-3H3,(H,27,28,29,30). The molecule has 7 nitrogen and oxygen atoms in total. The molecule has 0 aliphatic heterocycles. The van der Waals surface area contributed by atoms with Crippen LogP contribution in [-0.4, -0.2) is 29.8 Å². The lowest BCUT2D eigenvalue weighted by atomic mass is 9.98. The van der Waals surface area contributed by atoms with E-state index in [9.17, 15) is 4.79 Å². The molecule has 0 aliphatic rings. The largest absolute Gasteiger partial charge is 0.328 e. The monoisotopic (exact) mass is 444 g/mol. The van der Waals surface area contributed by atoms with E-state index in [0.717, 1.165) is 60.2 Å². The summed E-state index contributed by atoms with van der Waals surface area (Å²) in [6, 6.07) is 16.4. The highest BCUT2D eigenvalue weighted by Gasteiger charge is 2.16. The second-order valence-electron chi connectivity index (χ2n) is 8.61. The molecule has 2 aromatic heterocycles. The Morgan fingerprint density at radius 3 is 2.42 bits per heavy atom. The summed E-state index contributed by atoms with van der Waals surface area (Å²) in [6.07, 6.45) is 6.40. The van der Waals surface area contributed by atoms with Crippen LogP contribution in [-0.2, 0) is 13.1 Å². The number of benzene rings is 2. The topological polar surface area (TPSA) is 81.4 Å². The van der Waals surface area contributed by atoms with E-state index in [1.54, 1.807) is 0 Å². The van der Waals surface area contributed by atoms with Crippen molar-refractivity contribution in [3.05, 3.63) is 76.5 Å². The Bertz CT molecular complexity index is 1220. The number of H-pyrrole nitrogens is 1. The van der Waals surface area contributed by atoms with Gasteiger partial charge in [0.15, 0.2) is 0 Å². The number of aromatic nitrogens is 6. The average Bonchev–Trinajstić information content (AvgIpc) is 3.49. The second-order valence-corrected chi connectivity index (χ2v) is 8.61.